The Kier molecular flexibility index (Phi) is 7.90. The van der Waals surface area contributed by atoms with E-state index >= 15 is 0 Å². The zero-order chi connectivity index (χ0) is 21.7. The van der Waals surface area contributed by atoms with Gasteiger partial charge in [0.15, 0.2) is 0 Å². The van der Waals surface area contributed by atoms with Gasteiger partial charge in [-0.2, -0.15) is 0 Å². The minimum Gasteiger partial charge on any atom is -0.395 e. The molecular weight excluding hydrogens is 406 g/mol. The number of aryl methyl sites for hydroxylation is 3. The van der Waals surface area contributed by atoms with Crippen molar-refractivity contribution >= 4 is 11.8 Å². The van der Waals surface area contributed by atoms with Gasteiger partial charge in [0.25, 0.3) is 5.56 Å². The molecule has 2 aromatic heterocycles. The number of aliphatic hydroxyl groups excluding tert-OH is 2. The largest absolute Gasteiger partial charge is 0.395 e. The van der Waals surface area contributed by atoms with E-state index in [1.807, 2.05) is 10.9 Å². The van der Waals surface area contributed by atoms with Crippen LogP contribution in [0.15, 0.2) is 22.0 Å². The number of hydrogen-bond acceptors (Lipinski definition) is 7. The van der Waals surface area contributed by atoms with Gasteiger partial charge in [-0.3, -0.25) is 18.6 Å². The first-order valence-corrected chi connectivity index (χ1v) is 11.5. The summed E-state index contributed by atoms with van der Waals surface area (Å²) >= 11 is 1.38. The van der Waals surface area contributed by atoms with E-state index in [9.17, 15) is 19.8 Å². The summed E-state index contributed by atoms with van der Waals surface area (Å²) in [7, 11) is 0. The van der Waals surface area contributed by atoms with Crippen molar-refractivity contribution < 1.29 is 10.2 Å². The standard InChI is InChI=1S/C20H31N5O4S/c1-3-8-23-12-15(21-22-23)7-5-4-6-9-24-19(28)14(2)11-25(20(24)29)18-10-16(27)17(13-26)30-18/h11-12,16-18,26-27H,3-10,13H2,1-2H3. The predicted octanol–water partition coefficient (Wildman–Crippen LogP) is 1.09. The molecule has 0 saturated carbocycles. The van der Waals surface area contributed by atoms with Gasteiger partial charge in [-0.25, -0.2) is 4.79 Å². The predicted molar refractivity (Wildman–Crippen MR) is 116 cm³/mol. The first-order chi connectivity index (χ1) is 14.4. The van der Waals surface area contributed by atoms with Gasteiger partial charge in [0, 0.05) is 37.5 Å². The highest BCUT2D eigenvalue weighted by molar-refractivity contribution is 8.00. The Bertz CT molecular complexity index is 953. The van der Waals surface area contributed by atoms with Crippen LogP contribution in [0.25, 0.3) is 0 Å². The maximum atomic E-state index is 12.9. The topological polar surface area (TPSA) is 115 Å². The normalized spacial score (nSPS) is 21.4. The van der Waals surface area contributed by atoms with Gasteiger partial charge in [0.1, 0.15) is 0 Å². The van der Waals surface area contributed by atoms with Crippen molar-refractivity contribution in [3.63, 3.8) is 0 Å². The average Bonchev–Trinajstić information content (AvgIpc) is 3.33. The van der Waals surface area contributed by atoms with E-state index in [2.05, 4.69) is 17.2 Å². The Morgan fingerprint density at radius 2 is 2.00 bits per heavy atom. The molecule has 1 saturated heterocycles. The van der Waals surface area contributed by atoms with Crippen LogP contribution in [-0.4, -0.2) is 52.3 Å². The molecule has 30 heavy (non-hydrogen) atoms. The number of unbranched alkanes of at least 4 members (excludes halogenated alkanes) is 2. The van der Waals surface area contributed by atoms with Crippen LogP contribution in [0.1, 0.15) is 55.7 Å². The van der Waals surface area contributed by atoms with Crippen LogP contribution in [-0.2, 0) is 19.5 Å². The number of hydrogen-bond donors (Lipinski definition) is 2. The zero-order valence-electron chi connectivity index (χ0n) is 17.6. The fraction of sp³-hybridized carbons (Fsp3) is 0.700. The van der Waals surface area contributed by atoms with Gasteiger partial charge in [0.2, 0.25) is 0 Å². The summed E-state index contributed by atoms with van der Waals surface area (Å²) in [6.45, 7) is 4.90. The lowest BCUT2D eigenvalue weighted by Crippen LogP contribution is -2.41. The van der Waals surface area contributed by atoms with Gasteiger partial charge < -0.3 is 10.2 Å². The maximum absolute atomic E-state index is 12.9. The Hall–Kier alpha value is -1.91. The maximum Gasteiger partial charge on any atom is 0.331 e. The second-order valence-corrected chi connectivity index (χ2v) is 9.28. The first kappa shape index (κ1) is 22.8. The Balaban J connectivity index is 1.59. The van der Waals surface area contributed by atoms with E-state index in [1.165, 1.54) is 20.9 Å². The number of nitrogens with zero attached hydrogens (tertiary/aromatic N) is 5. The van der Waals surface area contributed by atoms with E-state index in [0.29, 0.717) is 18.5 Å². The number of aromatic nitrogens is 5. The van der Waals surface area contributed by atoms with Crippen LogP contribution in [0.4, 0.5) is 0 Å². The molecule has 1 aliphatic rings. The van der Waals surface area contributed by atoms with Gasteiger partial charge in [0.05, 0.1) is 29.0 Å². The van der Waals surface area contributed by atoms with Crippen LogP contribution < -0.4 is 11.2 Å². The summed E-state index contributed by atoms with van der Waals surface area (Å²) in [5, 5.41) is 27.1. The molecule has 3 heterocycles. The molecule has 0 aromatic carbocycles. The summed E-state index contributed by atoms with van der Waals surface area (Å²) in [6, 6.07) is 0. The van der Waals surface area contributed by atoms with Gasteiger partial charge in [-0.1, -0.05) is 18.6 Å². The van der Waals surface area contributed by atoms with E-state index in [0.717, 1.165) is 44.3 Å². The van der Waals surface area contributed by atoms with Gasteiger partial charge in [-0.15, -0.1) is 16.9 Å². The lowest BCUT2D eigenvalue weighted by molar-refractivity contribution is 0.137. The quantitative estimate of drug-likeness (QED) is 0.535. The Morgan fingerprint density at radius 1 is 1.20 bits per heavy atom. The summed E-state index contributed by atoms with van der Waals surface area (Å²) in [6.07, 6.45) is 7.64. The molecule has 2 N–H and O–H groups in total. The monoisotopic (exact) mass is 437 g/mol. The summed E-state index contributed by atoms with van der Waals surface area (Å²) in [5.41, 5.74) is 0.857. The second kappa shape index (κ2) is 10.4. The molecule has 0 bridgehead atoms. The fourth-order valence-electron chi connectivity index (χ4n) is 3.76. The summed E-state index contributed by atoms with van der Waals surface area (Å²) in [5.74, 6) is 0. The van der Waals surface area contributed by atoms with Crippen molar-refractivity contribution in [1.82, 2.24) is 24.1 Å². The molecule has 2 aromatic rings. The van der Waals surface area contributed by atoms with Crippen LogP contribution in [0.3, 0.4) is 0 Å². The third-order valence-electron chi connectivity index (χ3n) is 5.41. The van der Waals surface area contributed by atoms with Crippen molar-refractivity contribution in [2.45, 2.75) is 82.2 Å². The van der Waals surface area contributed by atoms with Crippen LogP contribution in [0.5, 0.6) is 0 Å². The third kappa shape index (κ3) is 5.22. The zero-order valence-corrected chi connectivity index (χ0v) is 18.4. The van der Waals surface area contributed by atoms with Crippen molar-refractivity contribution in [3.05, 3.63) is 44.5 Å². The van der Waals surface area contributed by atoms with E-state index in [4.69, 9.17) is 0 Å². The molecule has 0 aliphatic carbocycles. The fourth-order valence-corrected chi connectivity index (χ4v) is 5.13. The highest BCUT2D eigenvalue weighted by Crippen LogP contribution is 2.40. The van der Waals surface area contributed by atoms with E-state index < -0.39 is 6.10 Å². The lowest BCUT2D eigenvalue weighted by Gasteiger charge is -2.16. The highest BCUT2D eigenvalue weighted by Gasteiger charge is 2.35. The number of aliphatic hydroxyl groups is 2. The van der Waals surface area contributed by atoms with Gasteiger partial charge >= 0.3 is 5.69 Å². The molecule has 0 radical (unpaired) electrons. The highest BCUT2D eigenvalue weighted by atomic mass is 32.2. The molecule has 10 heteroatoms. The molecule has 3 rings (SSSR count). The number of thioether (sulfide) groups is 1. The smallest absolute Gasteiger partial charge is 0.331 e. The Morgan fingerprint density at radius 3 is 2.70 bits per heavy atom. The molecule has 9 nitrogen and oxygen atoms in total. The SMILES string of the molecule is CCCn1cc(CCCCCn2c(=O)c(C)cn(C3CC(O)C(CO)S3)c2=O)nn1. The Labute approximate surface area is 179 Å². The first-order valence-electron chi connectivity index (χ1n) is 10.6. The van der Waals surface area contributed by atoms with Crippen LogP contribution in [0, 0.1) is 6.92 Å². The molecule has 0 amide bonds. The molecule has 0 spiro atoms. The molecule has 1 fully saturated rings. The molecule has 1 aliphatic heterocycles. The molecular formula is C20H31N5O4S. The van der Waals surface area contributed by atoms with E-state index in [-0.39, 0.29) is 28.5 Å². The molecule has 3 unspecified atom stereocenters. The minimum absolute atomic E-state index is 0.137. The lowest BCUT2D eigenvalue weighted by atomic mass is 10.1. The summed E-state index contributed by atoms with van der Waals surface area (Å²) < 4.78 is 4.68. The second-order valence-electron chi connectivity index (χ2n) is 7.86. The van der Waals surface area contributed by atoms with Gasteiger partial charge in [-0.05, 0) is 32.6 Å². The van der Waals surface area contributed by atoms with Crippen molar-refractivity contribution in [2.24, 2.45) is 0 Å². The van der Waals surface area contributed by atoms with Crippen molar-refractivity contribution in [3.8, 4) is 0 Å². The number of rotatable bonds is 10. The minimum atomic E-state index is -0.659. The van der Waals surface area contributed by atoms with Crippen molar-refractivity contribution in [2.75, 3.05) is 6.61 Å². The van der Waals surface area contributed by atoms with E-state index in [1.54, 1.807) is 13.1 Å². The van der Waals surface area contributed by atoms with Crippen LogP contribution in [0.2, 0.25) is 0 Å². The van der Waals surface area contributed by atoms with Crippen LogP contribution >= 0.6 is 11.8 Å². The third-order valence-corrected chi connectivity index (χ3v) is 6.96. The molecule has 3 atom stereocenters. The summed E-state index contributed by atoms with van der Waals surface area (Å²) in [4.78, 5) is 25.5. The van der Waals surface area contributed by atoms with Crippen molar-refractivity contribution in [1.29, 1.82) is 0 Å². The molecule has 166 valence electrons. The average molecular weight is 438 g/mol.